The van der Waals surface area contributed by atoms with Crippen molar-refractivity contribution in [3.8, 4) is 11.5 Å². The van der Waals surface area contributed by atoms with E-state index >= 15 is 0 Å². The number of likely N-dealkylation sites (N-methyl/N-ethyl adjacent to an activating group) is 1. The van der Waals surface area contributed by atoms with Crippen molar-refractivity contribution in [2.75, 3.05) is 27.9 Å². The van der Waals surface area contributed by atoms with Gasteiger partial charge in [-0.3, -0.25) is 0 Å². The van der Waals surface area contributed by atoms with Gasteiger partial charge in [0.2, 0.25) is 0 Å². The quantitative estimate of drug-likeness (QED) is 0.797. The number of hydrogen-bond donors (Lipinski definition) is 1. The summed E-state index contributed by atoms with van der Waals surface area (Å²) in [7, 11) is 4.87. The zero-order valence-corrected chi connectivity index (χ0v) is 12.1. The van der Waals surface area contributed by atoms with Gasteiger partial charge in [-0.2, -0.15) is 0 Å². The fourth-order valence-electron chi connectivity index (χ4n) is 2.00. The van der Waals surface area contributed by atoms with E-state index in [1.54, 1.807) is 34.3 Å². The average Bonchev–Trinajstić information content (AvgIpc) is 2.41. The van der Waals surface area contributed by atoms with Crippen LogP contribution in [0.15, 0.2) is 12.1 Å². The minimum Gasteiger partial charge on any atom is -0.497 e. The Morgan fingerprint density at radius 3 is 2.47 bits per heavy atom. The van der Waals surface area contributed by atoms with Crippen LogP contribution >= 0.6 is 0 Å². The molecule has 106 valence electrons. The summed E-state index contributed by atoms with van der Waals surface area (Å²) in [4.78, 5) is 12.0. The largest absolute Gasteiger partial charge is 0.497 e. The predicted octanol–water partition coefficient (Wildman–Crippen LogP) is 1.84. The summed E-state index contributed by atoms with van der Waals surface area (Å²) in [5, 5.41) is 2.96. The molecule has 0 bridgehead atoms. The van der Waals surface area contributed by atoms with Gasteiger partial charge < -0.3 is 19.5 Å². The van der Waals surface area contributed by atoms with Crippen molar-refractivity contribution >= 4 is 5.97 Å². The van der Waals surface area contributed by atoms with Crippen LogP contribution in [0.3, 0.4) is 0 Å². The lowest BCUT2D eigenvalue weighted by Crippen LogP contribution is -2.28. The van der Waals surface area contributed by atoms with Gasteiger partial charge in [-0.05, 0) is 32.5 Å². The van der Waals surface area contributed by atoms with Crippen LogP contribution in [-0.2, 0) is 9.53 Å². The van der Waals surface area contributed by atoms with Gasteiger partial charge in [-0.1, -0.05) is 0 Å². The normalized spacial score (nSPS) is 11.8. The van der Waals surface area contributed by atoms with Crippen molar-refractivity contribution in [3.63, 3.8) is 0 Å². The molecule has 0 spiro atoms. The summed E-state index contributed by atoms with van der Waals surface area (Å²) < 4.78 is 15.6. The van der Waals surface area contributed by atoms with E-state index in [-0.39, 0.29) is 5.97 Å². The molecular formula is C14H21NO4. The maximum atomic E-state index is 12.0. The summed E-state index contributed by atoms with van der Waals surface area (Å²) in [5.74, 6) is 0.970. The third kappa shape index (κ3) is 3.38. The molecule has 0 radical (unpaired) electrons. The van der Waals surface area contributed by atoms with Gasteiger partial charge in [0.1, 0.15) is 17.5 Å². The van der Waals surface area contributed by atoms with Crippen molar-refractivity contribution in [2.45, 2.75) is 19.9 Å². The number of carbonyl (C=O) groups is 1. The summed E-state index contributed by atoms with van der Waals surface area (Å²) in [6.45, 7) is 4.03. The minimum absolute atomic E-state index is 0.323. The van der Waals surface area contributed by atoms with Gasteiger partial charge in [-0.25, -0.2) is 4.79 Å². The molecule has 5 heteroatoms. The van der Waals surface area contributed by atoms with Crippen LogP contribution in [-0.4, -0.2) is 33.8 Å². The highest BCUT2D eigenvalue weighted by Crippen LogP contribution is 2.33. The van der Waals surface area contributed by atoms with Crippen LogP contribution in [0.2, 0.25) is 0 Å². The standard InChI is InChI=1S/C14H21NO4/c1-6-19-14(16)13(15-3)12-9(2)7-10(17-4)8-11(12)18-5/h7-8,13,15H,6H2,1-5H3. The number of benzene rings is 1. The number of esters is 1. The van der Waals surface area contributed by atoms with Gasteiger partial charge >= 0.3 is 5.97 Å². The van der Waals surface area contributed by atoms with Crippen LogP contribution in [0.4, 0.5) is 0 Å². The lowest BCUT2D eigenvalue weighted by Gasteiger charge is -2.20. The lowest BCUT2D eigenvalue weighted by atomic mass is 9.99. The number of nitrogens with one attached hydrogen (secondary N) is 1. The Kier molecular flexibility index (Phi) is 5.63. The first-order chi connectivity index (χ1) is 9.08. The van der Waals surface area contributed by atoms with Crippen LogP contribution in [0.1, 0.15) is 24.1 Å². The average molecular weight is 267 g/mol. The lowest BCUT2D eigenvalue weighted by molar-refractivity contribution is -0.145. The number of ether oxygens (including phenoxy) is 3. The molecule has 0 heterocycles. The molecule has 19 heavy (non-hydrogen) atoms. The maximum Gasteiger partial charge on any atom is 0.327 e. The summed E-state index contributed by atoms with van der Waals surface area (Å²) >= 11 is 0. The molecule has 0 aliphatic heterocycles. The molecule has 1 aromatic carbocycles. The highest BCUT2D eigenvalue weighted by molar-refractivity contribution is 5.79. The van der Waals surface area contributed by atoms with Crippen molar-refractivity contribution in [1.29, 1.82) is 0 Å². The number of hydrogen-bond acceptors (Lipinski definition) is 5. The fraction of sp³-hybridized carbons (Fsp3) is 0.500. The van der Waals surface area contributed by atoms with Gasteiger partial charge in [0.25, 0.3) is 0 Å². The monoisotopic (exact) mass is 267 g/mol. The van der Waals surface area contributed by atoms with Crippen LogP contribution in [0.25, 0.3) is 0 Å². The van der Waals surface area contributed by atoms with E-state index in [2.05, 4.69) is 5.32 Å². The molecule has 1 N–H and O–H groups in total. The third-order valence-electron chi connectivity index (χ3n) is 2.88. The zero-order valence-electron chi connectivity index (χ0n) is 12.1. The van der Waals surface area contributed by atoms with E-state index < -0.39 is 6.04 Å². The summed E-state index contributed by atoms with van der Waals surface area (Å²) in [5.41, 5.74) is 1.67. The topological polar surface area (TPSA) is 56.8 Å². The SMILES string of the molecule is CCOC(=O)C(NC)c1c(C)cc(OC)cc1OC. The predicted molar refractivity (Wildman–Crippen MR) is 72.7 cm³/mol. The Morgan fingerprint density at radius 2 is 2.00 bits per heavy atom. The van der Waals surface area contributed by atoms with Crippen LogP contribution in [0, 0.1) is 6.92 Å². The van der Waals surface area contributed by atoms with Gasteiger partial charge in [0.15, 0.2) is 0 Å². The first kappa shape index (κ1) is 15.3. The Labute approximate surface area is 113 Å². The van der Waals surface area contributed by atoms with Gasteiger partial charge in [-0.15, -0.1) is 0 Å². The fourth-order valence-corrected chi connectivity index (χ4v) is 2.00. The second kappa shape index (κ2) is 6.99. The molecule has 0 saturated carbocycles. The molecular weight excluding hydrogens is 246 g/mol. The number of methoxy groups -OCH3 is 2. The molecule has 1 atom stereocenters. The van der Waals surface area contributed by atoms with E-state index in [1.807, 2.05) is 13.0 Å². The zero-order chi connectivity index (χ0) is 14.4. The molecule has 0 aliphatic rings. The van der Waals surface area contributed by atoms with Gasteiger partial charge in [0.05, 0.1) is 20.8 Å². The number of carbonyl (C=O) groups excluding carboxylic acids is 1. The smallest absolute Gasteiger partial charge is 0.327 e. The van der Waals surface area contributed by atoms with Crippen LogP contribution < -0.4 is 14.8 Å². The van der Waals surface area contributed by atoms with E-state index in [1.165, 1.54) is 0 Å². The minimum atomic E-state index is -0.555. The maximum absolute atomic E-state index is 12.0. The third-order valence-corrected chi connectivity index (χ3v) is 2.88. The van der Waals surface area contributed by atoms with Crippen molar-refractivity contribution < 1.29 is 19.0 Å². The highest BCUT2D eigenvalue weighted by Gasteiger charge is 2.26. The van der Waals surface area contributed by atoms with E-state index in [4.69, 9.17) is 14.2 Å². The first-order valence-corrected chi connectivity index (χ1v) is 6.15. The van der Waals surface area contributed by atoms with Gasteiger partial charge in [0, 0.05) is 11.6 Å². The van der Waals surface area contributed by atoms with E-state index in [9.17, 15) is 4.79 Å². The molecule has 0 saturated heterocycles. The molecule has 1 rings (SSSR count). The molecule has 1 unspecified atom stereocenters. The number of rotatable bonds is 6. The first-order valence-electron chi connectivity index (χ1n) is 6.15. The van der Waals surface area contributed by atoms with E-state index in [0.29, 0.717) is 18.1 Å². The molecule has 1 aromatic rings. The highest BCUT2D eigenvalue weighted by atomic mass is 16.5. The molecule has 0 aromatic heterocycles. The number of aryl methyl sites for hydroxylation is 1. The Hall–Kier alpha value is -1.75. The molecule has 0 fully saturated rings. The van der Waals surface area contributed by atoms with Crippen molar-refractivity contribution in [3.05, 3.63) is 23.3 Å². The summed E-state index contributed by atoms with van der Waals surface area (Å²) in [6, 6.07) is 3.06. The Bertz CT molecular complexity index is 445. The molecule has 5 nitrogen and oxygen atoms in total. The van der Waals surface area contributed by atoms with E-state index in [0.717, 1.165) is 11.1 Å². The van der Waals surface area contributed by atoms with Crippen molar-refractivity contribution in [2.24, 2.45) is 0 Å². The summed E-state index contributed by atoms with van der Waals surface area (Å²) in [6.07, 6.45) is 0. The Morgan fingerprint density at radius 1 is 1.32 bits per heavy atom. The second-order valence-corrected chi connectivity index (χ2v) is 4.03. The molecule has 0 amide bonds. The molecule has 0 aliphatic carbocycles. The Balaban J connectivity index is 3.26. The van der Waals surface area contributed by atoms with Crippen molar-refractivity contribution in [1.82, 2.24) is 5.32 Å². The van der Waals surface area contributed by atoms with Crippen LogP contribution in [0.5, 0.6) is 11.5 Å². The second-order valence-electron chi connectivity index (χ2n) is 4.03.